The van der Waals surface area contributed by atoms with E-state index in [4.69, 9.17) is 9.84 Å². The van der Waals surface area contributed by atoms with Gasteiger partial charge in [0, 0.05) is 5.56 Å². The number of aliphatic carboxylic acids is 1. The van der Waals surface area contributed by atoms with Crippen LogP contribution in [0, 0.1) is 0 Å². The smallest absolute Gasteiger partial charge is 0.305 e. The van der Waals surface area contributed by atoms with Crippen molar-refractivity contribution in [3.63, 3.8) is 0 Å². The van der Waals surface area contributed by atoms with E-state index in [1.54, 1.807) is 6.21 Å². The summed E-state index contributed by atoms with van der Waals surface area (Å²) in [4.78, 5) is 22.4. The molecule has 1 atom stereocenters. The molecule has 1 aromatic carbocycles. The molecule has 0 bridgehead atoms. The normalized spacial score (nSPS) is 22.4. The van der Waals surface area contributed by atoms with Gasteiger partial charge in [-0.1, -0.05) is 55.3 Å². The van der Waals surface area contributed by atoms with Crippen molar-refractivity contribution in [3.8, 4) is 0 Å². The van der Waals surface area contributed by atoms with Gasteiger partial charge in [-0.3, -0.25) is 9.59 Å². The molecule has 2 fully saturated rings. The Balaban J connectivity index is 1.58. The first kappa shape index (κ1) is 19.6. The molecule has 1 aliphatic carbocycles. The van der Waals surface area contributed by atoms with E-state index in [0.717, 1.165) is 35.7 Å². The van der Waals surface area contributed by atoms with Crippen molar-refractivity contribution in [1.29, 1.82) is 0 Å². The summed E-state index contributed by atoms with van der Waals surface area (Å²) >= 11 is 1.09. The molecule has 1 saturated carbocycles. The maximum atomic E-state index is 11.7. The zero-order valence-electron chi connectivity index (χ0n) is 15.0. The van der Waals surface area contributed by atoms with Gasteiger partial charge in [0.25, 0.3) is 0 Å². The zero-order chi connectivity index (χ0) is 19.1. The number of carbonyl (C=O) groups is 2. The first-order valence-corrected chi connectivity index (χ1v) is 9.99. The van der Waals surface area contributed by atoms with Gasteiger partial charge >= 0.3 is 5.97 Å². The number of rotatable bonds is 7. The van der Waals surface area contributed by atoms with E-state index in [0.29, 0.717) is 17.9 Å². The predicted molar refractivity (Wildman–Crippen MR) is 105 cm³/mol. The summed E-state index contributed by atoms with van der Waals surface area (Å²) in [5, 5.41) is 19.1. The van der Waals surface area contributed by atoms with Crippen LogP contribution in [0.2, 0.25) is 0 Å². The van der Waals surface area contributed by atoms with E-state index in [2.05, 4.69) is 15.5 Å². The van der Waals surface area contributed by atoms with E-state index in [1.807, 2.05) is 24.3 Å². The molecule has 144 valence electrons. The average Bonchev–Trinajstić information content (AvgIpc) is 3.00. The van der Waals surface area contributed by atoms with Crippen LogP contribution in [-0.2, 0) is 20.9 Å². The van der Waals surface area contributed by atoms with Crippen molar-refractivity contribution in [2.45, 2.75) is 56.5 Å². The molecule has 1 heterocycles. The third-order valence-corrected chi connectivity index (χ3v) is 5.64. The molecule has 2 N–H and O–H groups in total. The van der Waals surface area contributed by atoms with E-state index in [-0.39, 0.29) is 12.3 Å². The van der Waals surface area contributed by atoms with Gasteiger partial charge in [0.1, 0.15) is 5.25 Å². The molecule has 3 rings (SSSR count). The van der Waals surface area contributed by atoms with Crippen LogP contribution in [-0.4, -0.2) is 39.7 Å². The number of carbonyl (C=O) groups excluding carboxylic acids is 1. The van der Waals surface area contributed by atoms with Crippen molar-refractivity contribution >= 4 is 35.0 Å². The van der Waals surface area contributed by atoms with Crippen molar-refractivity contribution in [3.05, 3.63) is 35.4 Å². The Kier molecular flexibility index (Phi) is 7.00. The van der Waals surface area contributed by atoms with Crippen LogP contribution in [0.4, 0.5) is 0 Å². The third kappa shape index (κ3) is 5.90. The Morgan fingerprint density at radius 3 is 2.85 bits per heavy atom. The fourth-order valence-corrected chi connectivity index (χ4v) is 4.03. The van der Waals surface area contributed by atoms with Crippen LogP contribution < -0.4 is 5.32 Å². The molecular formula is C19H23N3O4S. The van der Waals surface area contributed by atoms with Crippen molar-refractivity contribution in [2.75, 3.05) is 0 Å². The highest BCUT2D eigenvalue weighted by molar-refractivity contribution is 8.15. The molecule has 0 aromatic heterocycles. The molecule has 0 radical (unpaired) electrons. The standard InChI is InChI=1S/C19H23N3O4S/c23-17(24)10-16-18(25)21-19(27-16)22-20-11-13-6-4-5-7-14(13)12-26-15-8-2-1-3-9-15/h4-7,11,15-16H,1-3,8-10,12H2,(H,23,24)(H,21,22,25). The molecule has 0 spiro atoms. The van der Waals surface area contributed by atoms with Crippen LogP contribution in [0.25, 0.3) is 0 Å². The Morgan fingerprint density at radius 1 is 1.30 bits per heavy atom. The molecule has 1 saturated heterocycles. The number of amides is 1. The lowest BCUT2D eigenvalue weighted by Crippen LogP contribution is -2.26. The second-order valence-corrected chi connectivity index (χ2v) is 7.80. The molecule has 1 aromatic rings. The van der Waals surface area contributed by atoms with Gasteiger partial charge in [0.05, 0.1) is 25.3 Å². The van der Waals surface area contributed by atoms with Gasteiger partial charge < -0.3 is 15.2 Å². The highest BCUT2D eigenvalue weighted by Gasteiger charge is 2.32. The fraction of sp³-hybridized carbons (Fsp3) is 0.474. The monoisotopic (exact) mass is 389 g/mol. The molecule has 1 amide bonds. The molecule has 1 unspecified atom stereocenters. The number of amidine groups is 1. The van der Waals surface area contributed by atoms with Gasteiger partial charge in [-0.15, -0.1) is 5.10 Å². The number of carboxylic acid groups (broad SMARTS) is 1. The van der Waals surface area contributed by atoms with Crippen molar-refractivity contribution in [1.82, 2.24) is 5.32 Å². The second kappa shape index (κ2) is 9.66. The number of nitrogens with zero attached hydrogens (tertiary/aromatic N) is 2. The van der Waals surface area contributed by atoms with Crippen LogP contribution in [0.15, 0.2) is 34.5 Å². The first-order valence-electron chi connectivity index (χ1n) is 9.11. The first-order chi connectivity index (χ1) is 13.1. The second-order valence-electron chi connectivity index (χ2n) is 6.61. The Hall–Kier alpha value is -2.19. The van der Waals surface area contributed by atoms with Crippen LogP contribution >= 0.6 is 11.8 Å². The van der Waals surface area contributed by atoms with Gasteiger partial charge in [-0.05, 0) is 18.4 Å². The SMILES string of the molecule is O=C(O)CC1SC(=NN=Cc2ccccc2COC2CCCCC2)NC1=O. The summed E-state index contributed by atoms with van der Waals surface area (Å²) in [7, 11) is 0. The number of benzene rings is 1. The lowest BCUT2D eigenvalue weighted by Gasteiger charge is -2.22. The molecule has 7 nitrogen and oxygen atoms in total. The van der Waals surface area contributed by atoms with Crippen molar-refractivity contribution in [2.24, 2.45) is 10.2 Å². The summed E-state index contributed by atoms with van der Waals surface area (Å²) in [6.45, 7) is 0.537. The van der Waals surface area contributed by atoms with Gasteiger partial charge in [0.15, 0.2) is 5.17 Å². The third-order valence-electron chi connectivity index (χ3n) is 4.56. The fourth-order valence-electron chi connectivity index (χ4n) is 3.12. The predicted octanol–water partition coefficient (Wildman–Crippen LogP) is 2.93. The summed E-state index contributed by atoms with van der Waals surface area (Å²) in [5.41, 5.74) is 1.95. The highest BCUT2D eigenvalue weighted by Crippen LogP contribution is 2.23. The van der Waals surface area contributed by atoms with Gasteiger partial charge in [-0.2, -0.15) is 5.10 Å². The van der Waals surface area contributed by atoms with E-state index in [9.17, 15) is 9.59 Å². The minimum atomic E-state index is -1.01. The largest absolute Gasteiger partial charge is 0.481 e. The maximum absolute atomic E-state index is 11.7. The molecule has 8 heteroatoms. The average molecular weight is 389 g/mol. The summed E-state index contributed by atoms with van der Waals surface area (Å²) in [5.74, 6) is -1.36. The number of hydrogen-bond donors (Lipinski definition) is 2. The van der Waals surface area contributed by atoms with Crippen molar-refractivity contribution < 1.29 is 19.4 Å². The Labute approximate surface area is 162 Å². The summed E-state index contributed by atoms with van der Waals surface area (Å²) < 4.78 is 6.04. The van der Waals surface area contributed by atoms with E-state index in [1.165, 1.54) is 19.3 Å². The lowest BCUT2D eigenvalue weighted by molar-refractivity contribution is -0.138. The number of ether oxygens (including phenoxy) is 1. The minimum Gasteiger partial charge on any atom is -0.481 e. The molecule has 1 aliphatic heterocycles. The number of thioether (sulfide) groups is 1. The maximum Gasteiger partial charge on any atom is 0.305 e. The topological polar surface area (TPSA) is 100 Å². The zero-order valence-corrected chi connectivity index (χ0v) is 15.8. The molecule has 2 aliphatic rings. The highest BCUT2D eigenvalue weighted by atomic mass is 32.2. The van der Waals surface area contributed by atoms with Crippen LogP contribution in [0.3, 0.4) is 0 Å². The van der Waals surface area contributed by atoms with Gasteiger partial charge in [-0.25, -0.2) is 0 Å². The van der Waals surface area contributed by atoms with Gasteiger partial charge in [0.2, 0.25) is 5.91 Å². The van der Waals surface area contributed by atoms with Crippen LogP contribution in [0.1, 0.15) is 49.7 Å². The number of hydrogen-bond acceptors (Lipinski definition) is 6. The number of carboxylic acids is 1. The molecular weight excluding hydrogens is 366 g/mol. The lowest BCUT2D eigenvalue weighted by atomic mass is 9.98. The van der Waals surface area contributed by atoms with Crippen LogP contribution in [0.5, 0.6) is 0 Å². The molecule has 27 heavy (non-hydrogen) atoms. The number of nitrogens with one attached hydrogen (secondary N) is 1. The summed E-state index contributed by atoms with van der Waals surface area (Å²) in [6, 6.07) is 7.84. The summed E-state index contributed by atoms with van der Waals surface area (Å²) in [6.07, 6.45) is 7.74. The quantitative estimate of drug-likeness (QED) is 0.552. The van der Waals surface area contributed by atoms with E-state index < -0.39 is 11.2 Å². The minimum absolute atomic E-state index is 0.236. The Morgan fingerprint density at radius 2 is 2.07 bits per heavy atom. The Bertz CT molecular complexity index is 744. The van der Waals surface area contributed by atoms with E-state index >= 15 is 0 Å².